The lowest BCUT2D eigenvalue weighted by molar-refractivity contribution is 0.0697. The predicted octanol–water partition coefficient (Wildman–Crippen LogP) is 1.11. The normalized spacial score (nSPS) is 11.2. The number of carbonyl (C=O) groups is 1. The van der Waals surface area contributed by atoms with Crippen molar-refractivity contribution in [3.05, 3.63) is 57.0 Å². The molecular weight excluding hydrogens is 332 g/mol. The summed E-state index contributed by atoms with van der Waals surface area (Å²) in [5, 5.41) is 14.9. The fourth-order valence-electron chi connectivity index (χ4n) is 2.29. The Kier molecular flexibility index (Phi) is 3.24. The molecule has 0 amide bonds. The summed E-state index contributed by atoms with van der Waals surface area (Å²) in [6, 6.07) is 3.93. The van der Waals surface area contributed by atoms with E-state index in [4.69, 9.17) is 5.11 Å². The molecular formula is C14H10N6O3S. The molecule has 10 heteroatoms. The molecule has 0 spiro atoms. The molecule has 0 radical (unpaired) electrons. The molecule has 0 bridgehead atoms. The number of nitrogens with zero attached hydrogens (tertiary/aromatic N) is 5. The molecule has 24 heavy (non-hydrogen) atoms. The van der Waals surface area contributed by atoms with Gasteiger partial charge in [-0.1, -0.05) is 6.07 Å². The minimum Gasteiger partial charge on any atom is -0.478 e. The van der Waals surface area contributed by atoms with Crippen LogP contribution in [0.2, 0.25) is 0 Å². The summed E-state index contributed by atoms with van der Waals surface area (Å²) in [4.78, 5) is 35.3. The van der Waals surface area contributed by atoms with Gasteiger partial charge in [0.1, 0.15) is 0 Å². The van der Waals surface area contributed by atoms with Gasteiger partial charge in [-0.3, -0.25) is 9.78 Å². The topological polar surface area (TPSA) is 119 Å². The number of aromatic nitrogens is 6. The maximum Gasteiger partial charge on any atom is 0.338 e. The number of fused-ring (bicyclic) bond motifs is 1. The van der Waals surface area contributed by atoms with E-state index in [0.717, 1.165) is 4.88 Å². The molecule has 9 nitrogen and oxygen atoms in total. The van der Waals surface area contributed by atoms with Crippen molar-refractivity contribution in [3.8, 4) is 5.95 Å². The molecule has 120 valence electrons. The van der Waals surface area contributed by atoms with Gasteiger partial charge in [-0.25, -0.2) is 14.5 Å². The Hall–Kier alpha value is -3.27. The van der Waals surface area contributed by atoms with E-state index in [2.05, 4.69) is 20.1 Å². The Morgan fingerprint density at radius 3 is 3.00 bits per heavy atom. The average Bonchev–Trinajstić information content (AvgIpc) is 3.28. The van der Waals surface area contributed by atoms with E-state index in [9.17, 15) is 9.59 Å². The van der Waals surface area contributed by atoms with Crippen LogP contribution in [-0.4, -0.2) is 40.4 Å². The van der Waals surface area contributed by atoms with Gasteiger partial charge < -0.3 is 9.67 Å². The van der Waals surface area contributed by atoms with Crippen molar-refractivity contribution in [3.63, 3.8) is 0 Å². The highest BCUT2D eigenvalue weighted by Crippen LogP contribution is 2.14. The molecule has 4 rings (SSSR count). The summed E-state index contributed by atoms with van der Waals surface area (Å²) in [5.41, 5.74) is 0.229. The number of nitrogens with one attached hydrogen (secondary N) is 1. The third kappa shape index (κ3) is 2.38. The highest BCUT2D eigenvalue weighted by molar-refractivity contribution is 7.09. The first-order valence-electron chi connectivity index (χ1n) is 6.87. The number of imidazole rings is 1. The van der Waals surface area contributed by atoms with Crippen molar-refractivity contribution in [2.24, 2.45) is 0 Å². The molecule has 2 N–H and O–H groups in total. The van der Waals surface area contributed by atoms with Gasteiger partial charge in [0.2, 0.25) is 5.95 Å². The minimum absolute atomic E-state index is 0.00448. The van der Waals surface area contributed by atoms with Crippen LogP contribution in [0, 0.1) is 0 Å². The number of hydrogen-bond acceptors (Lipinski definition) is 6. The first-order valence-corrected chi connectivity index (χ1v) is 7.75. The molecule has 0 fully saturated rings. The lowest BCUT2D eigenvalue weighted by Crippen LogP contribution is -2.15. The Morgan fingerprint density at radius 1 is 1.42 bits per heavy atom. The number of rotatable bonds is 4. The summed E-state index contributed by atoms with van der Waals surface area (Å²) in [7, 11) is 0. The minimum atomic E-state index is -1.10. The first-order chi connectivity index (χ1) is 11.6. The van der Waals surface area contributed by atoms with Gasteiger partial charge in [-0.05, 0) is 11.4 Å². The molecule has 4 aromatic heterocycles. The maximum absolute atomic E-state index is 12.2. The van der Waals surface area contributed by atoms with Crippen LogP contribution < -0.4 is 5.56 Å². The zero-order valence-electron chi connectivity index (χ0n) is 12.1. The van der Waals surface area contributed by atoms with Crippen LogP contribution in [0.4, 0.5) is 0 Å². The Balaban J connectivity index is 1.82. The molecule has 0 aliphatic rings. The van der Waals surface area contributed by atoms with Crippen LogP contribution >= 0.6 is 11.3 Å². The van der Waals surface area contributed by atoms with Crippen molar-refractivity contribution >= 4 is 28.5 Å². The summed E-state index contributed by atoms with van der Waals surface area (Å²) in [5.74, 6) is -0.972. The monoisotopic (exact) mass is 342 g/mol. The Morgan fingerprint density at radius 2 is 2.29 bits per heavy atom. The molecule has 0 aromatic carbocycles. The van der Waals surface area contributed by atoms with E-state index in [1.165, 1.54) is 17.1 Å². The van der Waals surface area contributed by atoms with Crippen molar-refractivity contribution in [1.82, 2.24) is 29.3 Å². The molecule has 0 aliphatic carbocycles. The van der Waals surface area contributed by atoms with Crippen molar-refractivity contribution in [2.45, 2.75) is 6.54 Å². The zero-order chi connectivity index (χ0) is 16.7. The van der Waals surface area contributed by atoms with Gasteiger partial charge in [0.25, 0.3) is 5.56 Å². The van der Waals surface area contributed by atoms with E-state index in [1.807, 2.05) is 17.5 Å². The number of aromatic amines is 1. The van der Waals surface area contributed by atoms with E-state index in [-0.39, 0.29) is 17.0 Å². The number of H-pyrrole nitrogens is 1. The average molecular weight is 342 g/mol. The summed E-state index contributed by atoms with van der Waals surface area (Å²) < 4.78 is 2.98. The van der Waals surface area contributed by atoms with Gasteiger partial charge in [-0.15, -0.1) is 11.3 Å². The van der Waals surface area contributed by atoms with Crippen LogP contribution in [0.3, 0.4) is 0 Å². The Bertz CT molecular complexity index is 1090. The second-order valence-electron chi connectivity index (χ2n) is 4.99. The molecule has 0 aliphatic heterocycles. The SMILES string of the molecule is O=C(O)c1cnn(-c2nc3c(ncn3Cc3cccs3)c(=O)[nH]2)c1. The standard InChI is InChI=1S/C14H10N6O3S/c21-12-10-11(19(7-15-10)6-9-2-1-3-24-9)17-14(18-12)20-5-8(4-16-20)13(22)23/h1-5,7H,6H2,(H,22,23)(H,17,18,21). The van der Waals surface area contributed by atoms with Gasteiger partial charge in [0.05, 0.1) is 24.6 Å². The molecule has 4 heterocycles. The first kappa shape index (κ1) is 14.3. The summed E-state index contributed by atoms with van der Waals surface area (Å²) >= 11 is 1.60. The maximum atomic E-state index is 12.2. The van der Waals surface area contributed by atoms with Crippen molar-refractivity contribution < 1.29 is 9.90 Å². The Labute approximate surface area is 137 Å². The highest BCUT2D eigenvalue weighted by atomic mass is 32.1. The van der Waals surface area contributed by atoms with Crippen LogP contribution in [0.1, 0.15) is 15.2 Å². The molecule has 0 saturated heterocycles. The second kappa shape index (κ2) is 5.42. The molecule has 4 aromatic rings. The highest BCUT2D eigenvalue weighted by Gasteiger charge is 2.14. The van der Waals surface area contributed by atoms with Crippen LogP contribution in [0.5, 0.6) is 0 Å². The van der Waals surface area contributed by atoms with Crippen LogP contribution in [0.25, 0.3) is 17.1 Å². The summed E-state index contributed by atoms with van der Waals surface area (Å²) in [6.45, 7) is 0.545. The third-order valence-electron chi connectivity index (χ3n) is 3.42. The van der Waals surface area contributed by atoms with Crippen molar-refractivity contribution in [1.29, 1.82) is 0 Å². The predicted molar refractivity (Wildman–Crippen MR) is 85.7 cm³/mol. The van der Waals surface area contributed by atoms with Crippen LogP contribution in [0.15, 0.2) is 41.0 Å². The second-order valence-corrected chi connectivity index (χ2v) is 6.02. The van der Waals surface area contributed by atoms with E-state index in [1.54, 1.807) is 22.2 Å². The van der Waals surface area contributed by atoms with E-state index in [0.29, 0.717) is 12.2 Å². The van der Waals surface area contributed by atoms with Gasteiger partial charge >= 0.3 is 5.97 Å². The number of aromatic carboxylic acids is 1. The largest absolute Gasteiger partial charge is 0.478 e. The van der Waals surface area contributed by atoms with Gasteiger partial charge in [0.15, 0.2) is 11.2 Å². The zero-order valence-corrected chi connectivity index (χ0v) is 12.9. The van der Waals surface area contributed by atoms with Crippen molar-refractivity contribution in [2.75, 3.05) is 0 Å². The van der Waals surface area contributed by atoms with E-state index < -0.39 is 11.5 Å². The fourth-order valence-corrected chi connectivity index (χ4v) is 2.99. The lowest BCUT2D eigenvalue weighted by Gasteiger charge is -2.03. The van der Waals surface area contributed by atoms with Gasteiger partial charge in [-0.2, -0.15) is 10.1 Å². The third-order valence-corrected chi connectivity index (χ3v) is 4.28. The van der Waals surface area contributed by atoms with Crippen LogP contribution in [-0.2, 0) is 6.54 Å². The van der Waals surface area contributed by atoms with E-state index >= 15 is 0 Å². The number of thiophene rings is 1. The quantitative estimate of drug-likeness (QED) is 0.573. The molecule has 0 saturated carbocycles. The smallest absolute Gasteiger partial charge is 0.338 e. The molecule has 0 atom stereocenters. The number of carboxylic acids is 1. The fraction of sp³-hybridized carbons (Fsp3) is 0.0714. The van der Waals surface area contributed by atoms with Gasteiger partial charge in [0, 0.05) is 11.1 Å². The number of hydrogen-bond donors (Lipinski definition) is 2. The molecule has 0 unspecified atom stereocenters. The lowest BCUT2D eigenvalue weighted by atomic mass is 10.4. The number of carboxylic acid groups (broad SMARTS) is 1. The summed E-state index contributed by atoms with van der Waals surface area (Å²) in [6.07, 6.45) is 4.03.